The van der Waals surface area contributed by atoms with E-state index in [2.05, 4.69) is 10.6 Å². The van der Waals surface area contributed by atoms with Gasteiger partial charge in [-0.05, 0) is 54.2 Å². The van der Waals surface area contributed by atoms with Gasteiger partial charge >= 0.3 is 0 Å². The van der Waals surface area contributed by atoms with E-state index in [9.17, 15) is 9.59 Å². The van der Waals surface area contributed by atoms with Crippen molar-refractivity contribution in [1.29, 1.82) is 0 Å². The highest BCUT2D eigenvalue weighted by Crippen LogP contribution is 2.20. The van der Waals surface area contributed by atoms with Crippen molar-refractivity contribution >= 4 is 34.8 Å². The van der Waals surface area contributed by atoms with Gasteiger partial charge in [-0.3, -0.25) is 14.9 Å². The third-order valence-corrected chi connectivity index (χ3v) is 5.93. The Morgan fingerprint density at radius 1 is 0.744 bits per heavy atom. The summed E-state index contributed by atoms with van der Waals surface area (Å²) in [7, 11) is 1.74. The van der Waals surface area contributed by atoms with E-state index in [1.165, 1.54) is 0 Å². The number of benzene rings is 4. The maximum atomic E-state index is 13.2. The van der Waals surface area contributed by atoms with Crippen LogP contribution in [0, 0.1) is 0 Å². The van der Waals surface area contributed by atoms with Gasteiger partial charge in [0, 0.05) is 13.6 Å². The van der Waals surface area contributed by atoms with Gasteiger partial charge < -0.3 is 19.7 Å². The molecular weight excluding hydrogens is 510 g/mol. The zero-order valence-electron chi connectivity index (χ0n) is 21.5. The van der Waals surface area contributed by atoms with Crippen molar-refractivity contribution < 1.29 is 19.1 Å². The molecule has 0 fully saturated rings. The lowest BCUT2D eigenvalue weighted by molar-refractivity contribution is 0.0786. The molecule has 0 atom stereocenters. The number of hydrogen-bond acceptors (Lipinski definition) is 5. The quantitative estimate of drug-likeness (QED) is 0.203. The molecule has 4 aromatic rings. The summed E-state index contributed by atoms with van der Waals surface area (Å²) in [5.41, 5.74) is 2.28. The zero-order valence-corrected chi connectivity index (χ0v) is 22.3. The molecule has 0 aliphatic rings. The minimum Gasteiger partial charge on any atom is -0.490 e. The van der Waals surface area contributed by atoms with Crippen LogP contribution in [0.5, 0.6) is 11.5 Å². The fourth-order valence-corrected chi connectivity index (χ4v) is 4.05. The molecule has 198 valence electrons. The largest absolute Gasteiger partial charge is 0.490 e. The highest BCUT2D eigenvalue weighted by Gasteiger charge is 2.18. The monoisotopic (exact) mass is 539 g/mol. The van der Waals surface area contributed by atoms with Gasteiger partial charge in [-0.15, -0.1) is 0 Å². The molecule has 0 saturated carbocycles. The van der Waals surface area contributed by atoms with Crippen LogP contribution in [-0.2, 0) is 6.54 Å². The van der Waals surface area contributed by atoms with Crippen LogP contribution in [0.1, 0.15) is 26.3 Å². The van der Waals surface area contributed by atoms with E-state index in [0.717, 1.165) is 11.3 Å². The summed E-state index contributed by atoms with van der Waals surface area (Å²) < 4.78 is 11.5. The number of carbonyl (C=O) groups excluding carboxylic acids is 2. The maximum Gasteiger partial charge on any atom is 0.261 e. The molecule has 4 rings (SSSR count). The molecule has 0 heterocycles. The number of hydrogen-bond donors (Lipinski definition) is 2. The number of ether oxygens (including phenoxy) is 2. The van der Waals surface area contributed by atoms with Gasteiger partial charge in [0.05, 0.1) is 16.8 Å². The Hall–Kier alpha value is -4.69. The standard InChI is InChI=1S/C31H29N3O4S/c1-34(22-23-12-4-2-5-13-23)30(36)25-16-8-10-18-27(25)32-31(39)33-29(35)26-17-9-11-19-28(26)38-21-20-37-24-14-6-3-7-15-24/h2-19H,20-22H2,1H3,(H2,32,33,35,39). The van der Waals surface area contributed by atoms with Gasteiger partial charge in [0.2, 0.25) is 0 Å². The molecule has 8 heteroatoms. The fraction of sp³-hybridized carbons (Fsp3) is 0.129. The summed E-state index contributed by atoms with van der Waals surface area (Å²) in [5.74, 6) is 0.547. The lowest BCUT2D eigenvalue weighted by atomic mass is 10.1. The van der Waals surface area contributed by atoms with Crippen molar-refractivity contribution in [3.8, 4) is 11.5 Å². The van der Waals surface area contributed by atoms with Gasteiger partial charge in [-0.2, -0.15) is 0 Å². The lowest BCUT2D eigenvalue weighted by Crippen LogP contribution is -2.35. The lowest BCUT2D eigenvalue weighted by Gasteiger charge is -2.20. The zero-order chi connectivity index (χ0) is 27.5. The van der Waals surface area contributed by atoms with Crippen molar-refractivity contribution in [3.63, 3.8) is 0 Å². The summed E-state index contributed by atoms with van der Waals surface area (Å²) in [6.07, 6.45) is 0. The predicted octanol–water partition coefficient (Wildman–Crippen LogP) is 5.54. The molecule has 39 heavy (non-hydrogen) atoms. The van der Waals surface area contributed by atoms with Crippen molar-refractivity contribution in [1.82, 2.24) is 10.2 Å². The average molecular weight is 540 g/mol. The Labute approximate surface area is 233 Å². The molecule has 0 aliphatic carbocycles. The molecular formula is C31H29N3O4S. The minimum absolute atomic E-state index is 0.0631. The van der Waals surface area contributed by atoms with Crippen LogP contribution < -0.4 is 20.1 Å². The van der Waals surface area contributed by atoms with Crippen LogP contribution in [0.2, 0.25) is 0 Å². The first kappa shape index (κ1) is 27.3. The molecule has 2 amide bonds. The van der Waals surface area contributed by atoms with Gasteiger partial charge in [0.25, 0.3) is 11.8 Å². The second-order valence-corrected chi connectivity index (χ2v) is 9.02. The van der Waals surface area contributed by atoms with E-state index in [-0.39, 0.29) is 17.6 Å². The number of nitrogens with zero attached hydrogens (tertiary/aromatic N) is 1. The van der Waals surface area contributed by atoms with Crippen LogP contribution in [0.3, 0.4) is 0 Å². The summed E-state index contributed by atoms with van der Waals surface area (Å²) in [6.45, 7) is 1.04. The van der Waals surface area contributed by atoms with E-state index >= 15 is 0 Å². The highest BCUT2D eigenvalue weighted by molar-refractivity contribution is 7.80. The van der Waals surface area contributed by atoms with Crippen LogP contribution >= 0.6 is 12.2 Å². The third kappa shape index (κ3) is 7.90. The number of nitrogens with one attached hydrogen (secondary N) is 2. The average Bonchev–Trinajstić information content (AvgIpc) is 2.96. The van der Waals surface area contributed by atoms with Gasteiger partial charge in [0.15, 0.2) is 5.11 Å². The molecule has 4 aromatic carbocycles. The summed E-state index contributed by atoms with van der Waals surface area (Å²) in [5, 5.41) is 5.74. The Balaban J connectivity index is 1.35. The number of carbonyl (C=O) groups is 2. The first-order valence-electron chi connectivity index (χ1n) is 12.4. The summed E-state index contributed by atoms with van der Waals surface area (Å²) in [6, 6.07) is 33.1. The summed E-state index contributed by atoms with van der Waals surface area (Å²) in [4.78, 5) is 27.8. The third-order valence-electron chi connectivity index (χ3n) is 5.73. The van der Waals surface area contributed by atoms with Gasteiger partial charge in [0.1, 0.15) is 24.7 Å². The van der Waals surface area contributed by atoms with Crippen molar-refractivity contribution in [2.75, 3.05) is 25.6 Å². The maximum absolute atomic E-state index is 13.2. The Bertz CT molecular complexity index is 1410. The van der Waals surface area contributed by atoms with E-state index in [0.29, 0.717) is 35.7 Å². The first-order valence-corrected chi connectivity index (χ1v) is 12.8. The first-order chi connectivity index (χ1) is 19.0. The predicted molar refractivity (Wildman–Crippen MR) is 156 cm³/mol. The normalized spacial score (nSPS) is 10.3. The number of rotatable bonds is 10. The second-order valence-electron chi connectivity index (χ2n) is 8.61. The molecule has 0 saturated heterocycles. The molecule has 0 spiro atoms. The molecule has 7 nitrogen and oxygen atoms in total. The Morgan fingerprint density at radius 3 is 2.08 bits per heavy atom. The Morgan fingerprint density at radius 2 is 1.33 bits per heavy atom. The number of thiocarbonyl (C=S) groups is 1. The van der Waals surface area contributed by atoms with Crippen LogP contribution in [-0.4, -0.2) is 42.1 Å². The van der Waals surface area contributed by atoms with E-state index in [1.54, 1.807) is 60.5 Å². The van der Waals surface area contributed by atoms with Gasteiger partial charge in [-0.1, -0.05) is 72.8 Å². The van der Waals surface area contributed by atoms with Crippen molar-refractivity contribution in [3.05, 3.63) is 126 Å². The van der Waals surface area contributed by atoms with Crippen molar-refractivity contribution in [2.24, 2.45) is 0 Å². The van der Waals surface area contributed by atoms with E-state index < -0.39 is 5.91 Å². The Kier molecular flexibility index (Phi) is 9.63. The van der Waals surface area contributed by atoms with Gasteiger partial charge in [-0.25, -0.2) is 0 Å². The SMILES string of the molecule is CN(Cc1ccccc1)C(=O)c1ccccc1NC(=S)NC(=O)c1ccccc1OCCOc1ccccc1. The van der Waals surface area contributed by atoms with Crippen molar-refractivity contribution in [2.45, 2.75) is 6.54 Å². The number of para-hydroxylation sites is 3. The molecule has 0 bridgehead atoms. The number of anilines is 1. The minimum atomic E-state index is -0.433. The number of amides is 2. The van der Waals surface area contributed by atoms with E-state index in [1.807, 2.05) is 60.7 Å². The van der Waals surface area contributed by atoms with Crippen LogP contribution in [0.15, 0.2) is 109 Å². The smallest absolute Gasteiger partial charge is 0.261 e. The fourth-order valence-electron chi connectivity index (χ4n) is 3.85. The highest BCUT2D eigenvalue weighted by atomic mass is 32.1. The molecule has 0 unspecified atom stereocenters. The summed E-state index contributed by atoms with van der Waals surface area (Å²) >= 11 is 5.40. The van der Waals surface area contributed by atoms with Crippen LogP contribution in [0.25, 0.3) is 0 Å². The molecule has 0 aromatic heterocycles. The molecule has 2 N–H and O–H groups in total. The second kappa shape index (κ2) is 13.7. The van der Waals surface area contributed by atoms with Crippen LogP contribution in [0.4, 0.5) is 5.69 Å². The molecule has 0 aliphatic heterocycles. The van der Waals surface area contributed by atoms with E-state index in [4.69, 9.17) is 21.7 Å². The topological polar surface area (TPSA) is 79.9 Å². The molecule has 0 radical (unpaired) electrons.